The van der Waals surface area contributed by atoms with Crippen LogP contribution in [-0.4, -0.2) is 33.2 Å². The molecule has 1 aromatic rings. The Morgan fingerprint density at radius 1 is 1.30 bits per heavy atom. The first-order valence-electron chi connectivity index (χ1n) is 6.99. The number of ether oxygens (including phenoxy) is 1. The van der Waals surface area contributed by atoms with E-state index in [2.05, 4.69) is 16.7 Å². The quantitative estimate of drug-likeness (QED) is 0.881. The Hall–Kier alpha value is -1.65. The van der Waals surface area contributed by atoms with Crippen molar-refractivity contribution in [1.29, 1.82) is 0 Å². The second-order valence-electron chi connectivity index (χ2n) is 4.95. The van der Waals surface area contributed by atoms with Crippen molar-refractivity contribution in [3.8, 4) is 0 Å². The molecule has 0 aliphatic carbocycles. The van der Waals surface area contributed by atoms with Gasteiger partial charge in [-0.15, -0.1) is 0 Å². The van der Waals surface area contributed by atoms with Gasteiger partial charge < -0.3 is 15.4 Å². The van der Waals surface area contributed by atoms with Gasteiger partial charge in [0, 0.05) is 14.2 Å². The minimum Gasteiger partial charge on any atom is -0.367 e. The zero-order valence-electron chi connectivity index (χ0n) is 12.1. The van der Waals surface area contributed by atoms with Crippen molar-refractivity contribution >= 4 is 12.0 Å². The predicted molar refractivity (Wildman–Crippen MR) is 80.3 cm³/mol. The Morgan fingerprint density at radius 3 is 2.50 bits per heavy atom. The number of nitrogens with one attached hydrogen (secondary N) is 2. The Morgan fingerprint density at radius 2 is 1.95 bits per heavy atom. The molecule has 0 radical (unpaired) electrons. The van der Waals surface area contributed by atoms with Gasteiger partial charge in [-0.25, -0.2) is 0 Å². The van der Waals surface area contributed by atoms with Gasteiger partial charge >= 0.3 is 0 Å². The van der Waals surface area contributed by atoms with Crippen LogP contribution < -0.4 is 10.6 Å². The van der Waals surface area contributed by atoms with Crippen LogP contribution in [0.5, 0.6) is 0 Å². The molecular weight excluding hydrogens is 252 g/mol. The van der Waals surface area contributed by atoms with Gasteiger partial charge in [0.2, 0.25) is 0 Å². The van der Waals surface area contributed by atoms with Gasteiger partial charge in [0.15, 0.2) is 6.10 Å². The van der Waals surface area contributed by atoms with Gasteiger partial charge in [-0.05, 0) is 37.1 Å². The third-order valence-corrected chi connectivity index (χ3v) is 3.58. The summed E-state index contributed by atoms with van der Waals surface area (Å²) in [6.07, 6.45) is 3.92. The zero-order valence-corrected chi connectivity index (χ0v) is 12.1. The van der Waals surface area contributed by atoms with Crippen molar-refractivity contribution in [2.75, 3.05) is 27.2 Å². The highest BCUT2D eigenvalue weighted by Gasteiger charge is 2.18. The molecule has 1 unspecified atom stereocenters. The van der Waals surface area contributed by atoms with Gasteiger partial charge in [-0.2, -0.15) is 0 Å². The summed E-state index contributed by atoms with van der Waals surface area (Å²) >= 11 is 0. The maximum Gasteiger partial charge on any atom is 0.253 e. The van der Waals surface area contributed by atoms with E-state index in [4.69, 9.17) is 4.74 Å². The van der Waals surface area contributed by atoms with E-state index < -0.39 is 6.10 Å². The van der Waals surface area contributed by atoms with Crippen LogP contribution in [0, 0.1) is 0 Å². The Labute approximate surface area is 120 Å². The Kier molecular flexibility index (Phi) is 5.32. The third kappa shape index (κ3) is 3.68. The molecule has 1 aromatic carbocycles. The number of hydrogen-bond acceptors (Lipinski definition) is 3. The van der Waals surface area contributed by atoms with Crippen LogP contribution >= 0.6 is 0 Å². The molecule has 2 N–H and O–H groups in total. The maximum absolute atomic E-state index is 11.7. The summed E-state index contributed by atoms with van der Waals surface area (Å²) in [7, 11) is 3.16. The highest BCUT2D eigenvalue weighted by molar-refractivity contribution is 5.82. The fourth-order valence-electron chi connectivity index (χ4n) is 2.42. The van der Waals surface area contributed by atoms with Crippen LogP contribution in [0.3, 0.4) is 0 Å². The molecule has 1 amide bonds. The fraction of sp³-hybridized carbons (Fsp3) is 0.438. The molecule has 0 saturated carbocycles. The van der Waals surface area contributed by atoms with Gasteiger partial charge in [0.05, 0.1) is 0 Å². The molecule has 1 saturated heterocycles. The first-order chi connectivity index (χ1) is 9.74. The Balaban J connectivity index is 2.11. The fourth-order valence-corrected chi connectivity index (χ4v) is 2.42. The van der Waals surface area contributed by atoms with Crippen LogP contribution in [-0.2, 0) is 9.53 Å². The second kappa shape index (κ2) is 7.22. The van der Waals surface area contributed by atoms with Crippen molar-refractivity contribution in [2.24, 2.45) is 0 Å². The average molecular weight is 274 g/mol. The topological polar surface area (TPSA) is 50.4 Å². The summed E-state index contributed by atoms with van der Waals surface area (Å²) in [6.45, 7) is 2.12. The van der Waals surface area contributed by atoms with Gasteiger partial charge in [-0.3, -0.25) is 4.79 Å². The normalized spacial score (nSPS) is 16.6. The largest absolute Gasteiger partial charge is 0.367 e. The van der Waals surface area contributed by atoms with E-state index in [1.165, 1.54) is 11.1 Å². The van der Waals surface area contributed by atoms with Gasteiger partial charge in [-0.1, -0.05) is 35.9 Å². The molecule has 20 heavy (non-hydrogen) atoms. The molecule has 1 atom stereocenters. The Bertz CT molecular complexity index is 472. The highest BCUT2D eigenvalue weighted by atomic mass is 16.5. The first kappa shape index (κ1) is 14.8. The molecule has 1 heterocycles. The lowest BCUT2D eigenvalue weighted by atomic mass is 10.0. The first-order valence-corrected chi connectivity index (χ1v) is 6.99. The number of amides is 1. The molecule has 0 aromatic heterocycles. The molecule has 4 heteroatoms. The lowest BCUT2D eigenvalue weighted by molar-refractivity contribution is -0.130. The highest BCUT2D eigenvalue weighted by Crippen LogP contribution is 2.20. The van der Waals surface area contributed by atoms with Crippen LogP contribution in [0.1, 0.15) is 30.1 Å². The van der Waals surface area contributed by atoms with Crippen molar-refractivity contribution in [3.63, 3.8) is 0 Å². The summed E-state index contributed by atoms with van der Waals surface area (Å²) in [5.74, 6) is -0.128. The molecule has 1 fully saturated rings. The average Bonchev–Trinajstić information content (AvgIpc) is 2.50. The number of benzene rings is 1. The van der Waals surface area contributed by atoms with E-state index in [1.54, 1.807) is 14.2 Å². The van der Waals surface area contributed by atoms with Gasteiger partial charge in [0.1, 0.15) is 0 Å². The smallest absolute Gasteiger partial charge is 0.253 e. The standard InChI is InChI=1S/C16H22N2O2/c1-17-16(19)15(20-2)14-5-3-12(4-6-14)11-13-7-9-18-10-8-13/h3-6,11,15,18H,7-10H2,1-2H3,(H,17,19). The molecular formula is C16H22N2O2. The number of methoxy groups -OCH3 is 1. The SMILES string of the molecule is CNC(=O)C(OC)c1ccc(C=C2CCNCC2)cc1. The summed E-state index contributed by atoms with van der Waals surface area (Å²) < 4.78 is 5.24. The van der Waals surface area contributed by atoms with Crippen LogP contribution in [0.4, 0.5) is 0 Å². The van der Waals surface area contributed by atoms with Crippen molar-refractivity contribution in [3.05, 3.63) is 41.0 Å². The number of carbonyl (C=O) groups excluding carboxylic acids is 1. The van der Waals surface area contributed by atoms with E-state index in [0.717, 1.165) is 31.5 Å². The molecule has 0 bridgehead atoms. The van der Waals surface area contributed by atoms with E-state index in [9.17, 15) is 4.79 Å². The van der Waals surface area contributed by atoms with Crippen LogP contribution in [0.15, 0.2) is 29.8 Å². The number of carbonyl (C=O) groups is 1. The van der Waals surface area contributed by atoms with E-state index in [0.29, 0.717) is 0 Å². The lowest BCUT2D eigenvalue weighted by Gasteiger charge is -2.16. The number of likely N-dealkylation sites (N-methyl/N-ethyl adjacent to an activating group) is 1. The van der Waals surface area contributed by atoms with Crippen molar-refractivity contribution in [2.45, 2.75) is 18.9 Å². The molecule has 1 aliphatic heterocycles. The van der Waals surface area contributed by atoms with Crippen molar-refractivity contribution < 1.29 is 9.53 Å². The number of hydrogen-bond donors (Lipinski definition) is 2. The second-order valence-corrected chi connectivity index (χ2v) is 4.95. The summed E-state index contributed by atoms with van der Waals surface area (Å²) in [5, 5.41) is 5.96. The van der Waals surface area contributed by atoms with Crippen LogP contribution in [0.25, 0.3) is 6.08 Å². The number of rotatable bonds is 4. The van der Waals surface area contributed by atoms with E-state index in [1.807, 2.05) is 24.3 Å². The molecule has 1 aliphatic rings. The molecule has 4 nitrogen and oxygen atoms in total. The summed E-state index contributed by atoms with van der Waals surface area (Å²) in [6, 6.07) is 7.99. The predicted octanol–water partition coefficient (Wildman–Crippen LogP) is 1.89. The summed E-state index contributed by atoms with van der Waals surface area (Å²) in [5.41, 5.74) is 3.53. The third-order valence-electron chi connectivity index (χ3n) is 3.58. The zero-order chi connectivity index (χ0) is 14.4. The maximum atomic E-state index is 11.7. The van der Waals surface area contributed by atoms with Crippen molar-refractivity contribution in [1.82, 2.24) is 10.6 Å². The minimum atomic E-state index is -0.541. The number of piperidine rings is 1. The van der Waals surface area contributed by atoms with Gasteiger partial charge in [0.25, 0.3) is 5.91 Å². The summed E-state index contributed by atoms with van der Waals surface area (Å²) in [4.78, 5) is 11.7. The molecule has 2 rings (SSSR count). The van der Waals surface area contributed by atoms with Crippen LogP contribution in [0.2, 0.25) is 0 Å². The minimum absolute atomic E-state index is 0.128. The lowest BCUT2D eigenvalue weighted by Crippen LogP contribution is -2.26. The van der Waals surface area contributed by atoms with E-state index in [-0.39, 0.29) is 5.91 Å². The molecule has 0 spiro atoms. The molecule has 108 valence electrons. The monoisotopic (exact) mass is 274 g/mol. The van der Waals surface area contributed by atoms with E-state index >= 15 is 0 Å².